The van der Waals surface area contributed by atoms with Crippen molar-refractivity contribution in [2.45, 2.75) is 91.6 Å². The number of nitrogens with one attached hydrogen (secondary N) is 1. The van der Waals surface area contributed by atoms with Crippen molar-refractivity contribution in [3.05, 3.63) is 42.5 Å². The lowest BCUT2D eigenvalue weighted by molar-refractivity contribution is 0.0187. The molecule has 16 heteroatoms. The van der Waals surface area contributed by atoms with E-state index in [9.17, 15) is 24.1 Å². The predicted octanol–water partition coefficient (Wildman–Crippen LogP) is 7.27. The molecule has 0 spiro atoms. The largest absolute Gasteiger partial charge is 0.585 e. The molecule has 1 amide bonds. The minimum atomic E-state index is -2.40. The molecule has 0 aliphatic carbocycles. The predicted molar refractivity (Wildman–Crippen MR) is 199 cm³/mol. The zero-order valence-electron chi connectivity index (χ0n) is 31.7. The second-order valence-electron chi connectivity index (χ2n) is 15.8. The molecular formula is C37H49N5O10P+. The number of rotatable bonds is 8. The molecule has 1 aliphatic heterocycles. The Balaban J connectivity index is 1.50. The summed E-state index contributed by atoms with van der Waals surface area (Å²) in [6, 6.07) is 11.7. The van der Waals surface area contributed by atoms with Crippen molar-refractivity contribution in [3.8, 4) is 22.9 Å². The molecule has 2 unspecified atom stereocenters. The van der Waals surface area contributed by atoms with Crippen LogP contribution in [0.25, 0.3) is 33.2 Å². The Bertz CT molecular complexity index is 2020. The van der Waals surface area contributed by atoms with Gasteiger partial charge in [-0.2, -0.15) is 9.78 Å². The van der Waals surface area contributed by atoms with Gasteiger partial charge in [-0.3, -0.25) is 4.52 Å². The van der Waals surface area contributed by atoms with Crippen LogP contribution in [-0.2, 0) is 18.8 Å². The SMILES string of the molecule is CC(C)(C)OC(=O)N1CCNC(CCOc2ccc3c(c2)cc(-c2nn(C(=O)OC(C)(C)C)c4ccc(O[P+](=O)CO)cc24)n3C(=O)OC(C)(C)C)C1. The molecule has 1 saturated heterocycles. The van der Waals surface area contributed by atoms with Gasteiger partial charge in [-0.05, 0) is 116 Å². The molecule has 1 aliphatic rings. The van der Waals surface area contributed by atoms with Crippen LogP contribution in [0.3, 0.4) is 0 Å². The minimum Gasteiger partial charge on any atom is -0.494 e. The molecule has 2 atom stereocenters. The molecule has 53 heavy (non-hydrogen) atoms. The molecule has 0 bridgehead atoms. The van der Waals surface area contributed by atoms with Gasteiger partial charge in [0, 0.05) is 36.4 Å². The second-order valence-corrected chi connectivity index (χ2v) is 16.9. The number of fused-ring (bicyclic) bond motifs is 2. The number of hydrogen-bond acceptors (Lipinski definition) is 12. The van der Waals surface area contributed by atoms with Gasteiger partial charge in [0.25, 0.3) is 6.35 Å². The fourth-order valence-corrected chi connectivity index (χ4v) is 6.13. The van der Waals surface area contributed by atoms with E-state index >= 15 is 0 Å². The van der Waals surface area contributed by atoms with Gasteiger partial charge in [0.05, 0.1) is 23.3 Å². The highest BCUT2D eigenvalue weighted by atomic mass is 31.1. The minimum absolute atomic E-state index is 0.0117. The van der Waals surface area contributed by atoms with Crippen molar-refractivity contribution in [2.24, 2.45) is 0 Å². The van der Waals surface area contributed by atoms with Crippen LogP contribution in [-0.4, -0.2) is 98.1 Å². The summed E-state index contributed by atoms with van der Waals surface area (Å²) in [5.74, 6) is 0.716. The maximum absolute atomic E-state index is 13.9. The summed E-state index contributed by atoms with van der Waals surface area (Å²) in [4.78, 5) is 41.6. The van der Waals surface area contributed by atoms with Crippen molar-refractivity contribution >= 4 is 48.1 Å². The molecule has 2 aromatic heterocycles. The molecular weight excluding hydrogens is 705 g/mol. The number of aliphatic hydroxyl groups excluding tert-OH is 1. The molecule has 3 heterocycles. The van der Waals surface area contributed by atoms with Gasteiger partial charge in [-0.1, -0.05) is 0 Å². The van der Waals surface area contributed by atoms with Crippen molar-refractivity contribution in [1.82, 2.24) is 24.6 Å². The van der Waals surface area contributed by atoms with E-state index in [-0.39, 0.29) is 23.6 Å². The molecule has 2 N–H and O–H groups in total. The smallest absolute Gasteiger partial charge is 0.494 e. The number of hydrogen-bond donors (Lipinski definition) is 2. The summed E-state index contributed by atoms with van der Waals surface area (Å²) in [5.41, 5.74) is -0.883. The van der Waals surface area contributed by atoms with E-state index in [0.717, 1.165) is 4.68 Å². The Labute approximate surface area is 309 Å². The zero-order valence-corrected chi connectivity index (χ0v) is 32.6. The Morgan fingerprint density at radius 3 is 2.13 bits per heavy atom. The van der Waals surface area contributed by atoms with E-state index in [1.165, 1.54) is 16.7 Å². The first-order chi connectivity index (χ1) is 24.7. The first-order valence-corrected chi connectivity index (χ1v) is 18.8. The number of nitrogens with zero attached hydrogens (tertiary/aromatic N) is 4. The van der Waals surface area contributed by atoms with Gasteiger partial charge in [0.15, 0.2) is 5.75 Å². The lowest BCUT2D eigenvalue weighted by Crippen LogP contribution is -2.53. The van der Waals surface area contributed by atoms with Gasteiger partial charge >= 0.3 is 26.3 Å². The van der Waals surface area contributed by atoms with Crippen molar-refractivity contribution in [1.29, 1.82) is 0 Å². The van der Waals surface area contributed by atoms with Crippen LogP contribution in [0.2, 0.25) is 0 Å². The van der Waals surface area contributed by atoms with Crippen molar-refractivity contribution in [2.75, 3.05) is 32.6 Å². The first kappa shape index (κ1) is 39.5. The highest BCUT2D eigenvalue weighted by Crippen LogP contribution is 2.38. The summed E-state index contributed by atoms with van der Waals surface area (Å²) in [6.45, 7) is 18.1. The standard InChI is InChI=1S/C37H49N5O10P/c1-35(2,3)49-32(44)40-16-15-38-24(21-40)14-17-48-25-10-12-28-23(18-25)19-30(41(28)33(45)50-36(4,5)6)31-27-20-26(52-53(47)22-43)11-13-29(27)42(39-31)34(46)51-37(7,8)9/h10-13,18-20,24,38,43H,14-17,21-22H2,1-9H3/q+1. The molecule has 1 fully saturated rings. The third-order valence-electron chi connectivity index (χ3n) is 7.77. The van der Waals surface area contributed by atoms with Gasteiger partial charge in [-0.15, -0.1) is 0 Å². The number of aromatic nitrogens is 3. The Kier molecular flexibility index (Phi) is 11.4. The van der Waals surface area contributed by atoms with Crippen molar-refractivity contribution in [3.63, 3.8) is 0 Å². The van der Waals surface area contributed by atoms with Crippen LogP contribution >= 0.6 is 8.03 Å². The van der Waals surface area contributed by atoms with Crippen LogP contribution < -0.4 is 14.6 Å². The highest BCUT2D eigenvalue weighted by molar-refractivity contribution is 7.39. The van der Waals surface area contributed by atoms with Gasteiger partial charge < -0.3 is 34.3 Å². The van der Waals surface area contributed by atoms with Crippen molar-refractivity contribution < 1.29 is 47.5 Å². The zero-order chi connectivity index (χ0) is 38.9. The van der Waals surface area contributed by atoms with Crippen LogP contribution in [0.5, 0.6) is 11.5 Å². The Hall–Kier alpha value is -4.72. The summed E-state index contributed by atoms with van der Waals surface area (Å²) in [5, 5.41) is 18.4. The molecule has 15 nitrogen and oxygen atoms in total. The molecule has 2 aromatic carbocycles. The van der Waals surface area contributed by atoms with Crippen LogP contribution in [0, 0.1) is 0 Å². The molecule has 0 radical (unpaired) electrons. The monoisotopic (exact) mass is 754 g/mol. The number of carbonyl (C=O) groups is 3. The number of piperazine rings is 1. The Morgan fingerprint density at radius 1 is 0.849 bits per heavy atom. The number of benzene rings is 2. The average Bonchev–Trinajstić information content (AvgIpc) is 3.61. The van der Waals surface area contributed by atoms with E-state index in [1.54, 1.807) is 76.8 Å². The number of aliphatic hydroxyl groups is 1. The number of carbonyl (C=O) groups excluding carboxylic acids is 3. The fourth-order valence-electron chi connectivity index (χ4n) is 5.73. The van der Waals surface area contributed by atoms with E-state index in [0.29, 0.717) is 65.9 Å². The number of ether oxygens (including phenoxy) is 4. The van der Waals surface area contributed by atoms with Gasteiger partial charge in [0.2, 0.25) is 0 Å². The maximum atomic E-state index is 13.9. The van der Waals surface area contributed by atoms with E-state index in [2.05, 4.69) is 10.4 Å². The average molecular weight is 755 g/mol. The topological polar surface area (TPSA) is 173 Å². The normalized spacial score (nSPS) is 15.7. The fraction of sp³-hybridized carbons (Fsp3) is 0.514. The summed E-state index contributed by atoms with van der Waals surface area (Å²) >= 11 is 0. The van der Waals surface area contributed by atoms with Gasteiger partial charge in [0.1, 0.15) is 28.2 Å². The second kappa shape index (κ2) is 15.3. The van der Waals surface area contributed by atoms with Crippen LogP contribution in [0.15, 0.2) is 42.5 Å². The van der Waals surface area contributed by atoms with Gasteiger partial charge in [-0.25, -0.2) is 19.0 Å². The third-order valence-corrected chi connectivity index (χ3v) is 8.42. The van der Waals surface area contributed by atoms with Crippen LogP contribution in [0.4, 0.5) is 14.4 Å². The lowest BCUT2D eigenvalue weighted by atomic mass is 10.1. The van der Waals surface area contributed by atoms with E-state index in [1.807, 2.05) is 20.8 Å². The molecule has 4 aromatic rings. The summed E-state index contributed by atoms with van der Waals surface area (Å²) in [7, 11) is -2.40. The van der Waals surface area contributed by atoms with E-state index < -0.39 is 43.4 Å². The first-order valence-electron chi connectivity index (χ1n) is 17.4. The molecule has 5 rings (SSSR count). The highest BCUT2D eigenvalue weighted by Gasteiger charge is 2.30. The quantitative estimate of drug-likeness (QED) is 0.136. The van der Waals surface area contributed by atoms with E-state index in [4.69, 9.17) is 23.5 Å². The Morgan fingerprint density at radius 2 is 1.47 bits per heavy atom. The number of amides is 1. The maximum Gasteiger partial charge on any atom is 0.585 e. The third kappa shape index (κ3) is 10.0. The summed E-state index contributed by atoms with van der Waals surface area (Å²) in [6.07, 6.45) is -1.82. The summed E-state index contributed by atoms with van der Waals surface area (Å²) < 4.78 is 43.1. The van der Waals surface area contributed by atoms with Crippen LogP contribution in [0.1, 0.15) is 68.7 Å². The molecule has 286 valence electrons. The molecule has 0 saturated carbocycles. The lowest BCUT2D eigenvalue weighted by Gasteiger charge is -2.34.